The second kappa shape index (κ2) is 8.11. The molecule has 1 unspecified atom stereocenters. The van der Waals surface area contributed by atoms with E-state index in [4.69, 9.17) is 0 Å². The topological polar surface area (TPSA) is 54.4 Å². The van der Waals surface area contributed by atoms with Gasteiger partial charge in [0.25, 0.3) is 0 Å². The van der Waals surface area contributed by atoms with Crippen LogP contribution in [0, 0.1) is 0 Å². The number of sulfone groups is 1. The van der Waals surface area contributed by atoms with E-state index in [0.29, 0.717) is 6.42 Å². The standard InChI is InChI=1S/C11H24O3S/c1-3-4-5-6-7-8-9-11(12)10-15(2,13)14/h11-12H,3-10H2,1-2H3. The van der Waals surface area contributed by atoms with Crippen LogP contribution in [0.25, 0.3) is 0 Å². The van der Waals surface area contributed by atoms with Crippen molar-refractivity contribution in [2.24, 2.45) is 0 Å². The Kier molecular flexibility index (Phi) is 8.06. The molecule has 0 amide bonds. The summed E-state index contributed by atoms with van der Waals surface area (Å²) in [6.07, 6.45) is 8.07. The number of aliphatic hydroxyl groups excluding tert-OH is 1. The third-order valence-corrected chi connectivity index (χ3v) is 3.38. The van der Waals surface area contributed by atoms with E-state index in [2.05, 4.69) is 6.92 Å². The lowest BCUT2D eigenvalue weighted by Crippen LogP contribution is -2.19. The van der Waals surface area contributed by atoms with Crippen LogP contribution in [0.15, 0.2) is 0 Å². The smallest absolute Gasteiger partial charge is 0.149 e. The van der Waals surface area contributed by atoms with Crippen molar-refractivity contribution in [2.75, 3.05) is 12.0 Å². The van der Waals surface area contributed by atoms with E-state index in [1.54, 1.807) is 0 Å². The van der Waals surface area contributed by atoms with Gasteiger partial charge in [-0.25, -0.2) is 8.42 Å². The summed E-state index contributed by atoms with van der Waals surface area (Å²) in [5.41, 5.74) is 0. The van der Waals surface area contributed by atoms with Crippen LogP contribution in [-0.2, 0) is 9.84 Å². The minimum atomic E-state index is -3.02. The highest BCUT2D eigenvalue weighted by Gasteiger charge is 2.11. The summed E-state index contributed by atoms with van der Waals surface area (Å²) in [6.45, 7) is 2.18. The first kappa shape index (κ1) is 14.9. The van der Waals surface area contributed by atoms with Crippen molar-refractivity contribution >= 4 is 9.84 Å². The van der Waals surface area contributed by atoms with E-state index in [1.807, 2.05) is 0 Å². The van der Waals surface area contributed by atoms with Crippen molar-refractivity contribution in [1.29, 1.82) is 0 Å². The maximum atomic E-state index is 10.9. The Hall–Kier alpha value is -0.0900. The molecule has 1 N–H and O–H groups in total. The van der Waals surface area contributed by atoms with Crippen LogP contribution < -0.4 is 0 Å². The molecule has 4 heteroatoms. The lowest BCUT2D eigenvalue weighted by Gasteiger charge is -2.08. The molecule has 3 nitrogen and oxygen atoms in total. The minimum absolute atomic E-state index is 0.0953. The summed E-state index contributed by atoms with van der Waals surface area (Å²) in [7, 11) is -3.02. The zero-order chi connectivity index (χ0) is 11.7. The Morgan fingerprint density at radius 2 is 1.60 bits per heavy atom. The summed E-state index contributed by atoms with van der Waals surface area (Å²) >= 11 is 0. The number of unbranched alkanes of at least 4 members (excludes halogenated alkanes) is 5. The van der Waals surface area contributed by atoms with E-state index < -0.39 is 15.9 Å². The fourth-order valence-corrected chi connectivity index (χ4v) is 2.46. The maximum absolute atomic E-state index is 10.9. The Morgan fingerprint density at radius 1 is 1.07 bits per heavy atom. The van der Waals surface area contributed by atoms with Gasteiger partial charge in [-0.2, -0.15) is 0 Å². The Morgan fingerprint density at radius 3 is 2.13 bits per heavy atom. The van der Waals surface area contributed by atoms with Gasteiger partial charge in [0.15, 0.2) is 0 Å². The van der Waals surface area contributed by atoms with Crippen molar-refractivity contribution < 1.29 is 13.5 Å². The van der Waals surface area contributed by atoms with E-state index in [9.17, 15) is 13.5 Å². The van der Waals surface area contributed by atoms with Gasteiger partial charge in [-0.05, 0) is 6.42 Å². The van der Waals surface area contributed by atoms with Gasteiger partial charge in [-0.15, -0.1) is 0 Å². The predicted molar refractivity (Wildman–Crippen MR) is 63.7 cm³/mol. The van der Waals surface area contributed by atoms with Crippen LogP contribution in [-0.4, -0.2) is 31.6 Å². The molecule has 0 aliphatic heterocycles. The third-order valence-electron chi connectivity index (χ3n) is 2.39. The minimum Gasteiger partial charge on any atom is -0.392 e. The molecule has 0 aliphatic carbocycles. The maximum Gasteiger partial charge on any atom is 0.149 e. The normalized spacial score (nSPS) is 14.1. The fraction of sp³-hybridized carbons (Fsp3) is 1.00. The molecule has 15 heavy (non-hydrogen) atoms. The third kappa shape index (κ3) is 11.8. The first-order valence-corrected chi connectivity index (χ1v) is 7.87. The number of hydrogen-bond acceptors (Lipinski definition) is 3. The Bertz CT molecular complexity index is 234. The summed E-state index contributed by atoms with van der Waals surface area (Å²) in [5.74, 6) is -0.0953. The monoisotopic (exact) mass is 236 g/mol. The molecule has 0 saturated heterocycles. The first-order chi connectivity index (χ1) is 6.95. The van der Waals surface area contributed by atoms with Crippen LogP contribution >= 0.6 is 0 Å². The zero-order valence-electron chi connectivity index (χ0n) is 9.91. The second-order valence-corrected chi connectivity index (χ2v) is 6.49. The van der Waals surface area contributed by atoms with Crippen molar-refractivity contribution in [3.8, 4) is 0 Å². The number of rotatable bonds is 9. The van der Waals surface area contributed by atoms with Crippen LogP contribution in [0.4, 0.5) is 0 Å². The van der Waals surface area contributed by atoms with E-state index in [1.165, 1.54) is 25.7 Å². The quantitative estimate of drug-likeness (QED) is 0.624. The number of aliphatic hydroxyl groups is 1. The molecule has 0 heterocycles. The van der Waals surface area contributed by atoms with Gasteiger partial charge in [-0.1, -0.05) is 45.4 Å². The van der Waals surface area contributed by atoms with Gasteiger partial charge in [0, 0.05) is 6.26 Å². The molecule has 0 aromatic carbocycles. The Balaban J connectivity index is 3.36. The molecule has 0 saturated carbocycles. The molecule has 0 spiro atoms. The van der Waals surface area contributed by atoms with E-state index >= 15 is 0 Å². The lowest BCUT2D eigenvalue weighted by molar-refractivity contribution is 0.183. The molecule has 0 radical (unpaired) electrons. The molecule has 0 aromatic heterocycles. The Labute approximate surface area is 93.8 Å². The molecular weight excluding hydrogens is 212 g/mol. The van der Waals surface area contributed by atoms with Crippen LogP contribution in [0.3, 0.4) is 0 Å². The van der Waals surface area contributed by atoms with Crippen LogP contribution in [0.2, 0.25) is 0 Å². The van der Waals surface area contributed by atoms with Crippen molar-refractivity contribution in [3.05, 3.63) is 0 Å². The largest absolute Gasteiger partial charge is 0.392 e. The van der Waals surface area contributed by atoms with E-state index in [0.717, 1.165) is 19.1 Å². The highest BCUT2D eigenvalue weighted by molar-refractivity contribution is 7.90. The van der Waals surface area contributed by atoms with Gasteiger partial charge in [0.1, 0.15) is 9.84 Å². The van der Waals surface area contributed by atoms with Crippen molar-refractivity contribution in [2.45, 2.75) is 58.0 Å². The van der Waals surface area contributed by atoms with E-state index in [-0.39, 0.29) is 5.75 Å². The summed E-state index contributed by atoms with van der Waals surface area (Å²) < 4.78 is 21.7. The molecule has 92 valence electrons. The molecule has 1 atom stereocenters. The zero-order valence-corrected chi connectivity index (χ0v) is 10.7. The van der Waals surface area contributed by atoms with Gasteiger partial charge in [0.05, 0.1) is 11.9 Å². The molecule has 0 bridgehead atoms. The lowest BCUT2D eigenvalue weighted by atomic mass is 10.1. The average molecular weight is 236 g/mol. The summed E-state index contributed by atoms with van der Waals surface area (Å²) in [5, 5.41) is 9.41. The van der Waals surface area contributed by atoms with Crippen molar-refractivity contribution in [1.82, 2.24) is 0 Å². The van der Waals surface area contributed by atoms with Crippen LogP contribution in [0.5, 0.6) is 0 Å². The van der Waals surface area contributed by atoms with Crippen LogP contribution in [0.1, 0.15) is 51.9 Å². The fourth-order valence-electron chi connectivity index (χ4n) is 1.59. The SMILES string of the molecule is CCCCCCCCC(O)CS(C)(=O)=O. The molecule has 0 fully saturated rings. The van der Waals surface area contributed by atoms with Gasteiger partial charge in [0.2, 0.25) is 0 Å². The summed E-state index contributed by atoms with van der Waals surface area (Å²) in [6, 6.07) is 0. The molecule has 0 rings (SSSR count). The highest BCUT2D eigenvalue weighted by Crippen LogP contribution is 2.09. The second-order valence-electron chi connectivity index (χ2n) is 4.30. The summed E-state index contributed by atoms with van der Waals surface area (Å²) in [4.78, 5) is 0. The molecule has 0 aromatic rings. The van der Waals surface area contributed by atoms with Gasteiger partial charge in [-0.3, -0.25) is 0 Å². The van der Waals surface area contributed by atoms with Gasteiger partial charge >= 0.3 is 0 Å². The molecule has 0 aliphatic rings. The van der Waals surface area contributed by atoms with Gasteiger partial charge < -0.3 is 5.11 Å². The highest BCUT2D eigenvalue weighted by atomic mass is 32.2. The predicted octanol–water partition coefficient (Wildman–Crippen LogP) is 2.14. The van der Waals surface area contributed by atoms with Crippen molar-refractivity contribution in [3.63, 3.8) is 0 Å². The number of hydrogen-bond donors (Lipinski definition) is 1. The first-order valence-electron chi connectivity index (χ1n) is 5.81. The molecular formula is C11H24O3S. The average Bonchev–Trinajstić information content (AvgIpc) is 2.08.